The van der Waals surface area contributed by atoms with Crippen molar-refractivity contribution in [3.05, 3.63) is 29.3 Å². The summed E-state index contributed by atoms with van der Waals surface area (Å²) in [6.07, 6.45) is 2.99. The van der Waals surface area contributed by atoms with Gasteiger partial charge < -0.3 is 10.1 Å². The van der Waals surface area contributed by atoms with Gasteiger partial charge in [-0.2, -0.15) is 0 Å². The van der Waals surface area contributed by atoms with Gasteiger partial charge in [-0.05, 0) is 50.8 Å². The van der Waals surface area contributed by atoms with Crippen molar-refractivity contribution in [1.29, 1.82) is 0 Å². The molecule has 2 aliphatic carbocycles. The fourth-order valence-corrected chi connectivity index (χ4v) is 4.00. The number of carbonyl (C=O) groups excluding carboxylic acids is 3. The number of fused-ring (bicyclic) bond motifs is 2. The molecule has 0 heterocycles. The van der Waals surface area contributed by atoms with E-state index < -0.39 is 12.0 Å². The monoisotopic (exact) mass is 363 g/mol. The van der Waals surface area contributed by atoms with Gasteiger partial charge in [-0.1, -0.05) is 24.1 Å². The molecular weight excluding hydrogens is 342 g/mol. The third-order valence-electron chi connectivity index (χ3n) is 5.14. The number of hydrogen-bond acceptors (Lipinski definition) is 4. The van der Waals surface area contributed by atoms with Crippen molar-refractivity contribution >= 4 is 34.9 Å². The Kier molecular flexibility index (Phi) is 5.42. The van der Waals surface area contributed by atoms with Gasteiger partial charge in [-0.15, -0.1) is 0 Å². The maximum atomic E-state index is 12.4. The highest BCUT2D eigenvalue weighted by Crippen LogP contribution is 2.40. The molecule has 0 aliphatic heterocycles. The molecule has 4 atom stereocenters. The second-order valence-electron chi connectivity index (χ2n) is 6.97. The number of Topliss-reactive ketones (excluding diaryl/α,β-unsaturated/α-hetero) is 1. The van der Waals surface area contributed by atoms with Crippen molar-refractivity contribution in [2.45, 2.75) is 45.1 Å². The molecule has 0 radical (unpaired) electrons. The fourth-order valence-electron chi connectivity index (χ4n) is 3.81. The van der Waals surface area contributed by atoms with Crippen molar-refractivity contribution in [2.24, 2.45) is 17.8 Å². The summed E-state index contributed by atoms with van der Waals surface area (Å²) in [5, 5.41) is 3.20. The second kappa shape index (κ2) is 7.56. The standard InChI is InChI=1S/C19H22ClNO4/c1-11(18(23)21-16-7-3-6-15(20)10-16)25-19(24)14-8-12-4-2-5-13(9-14)17(12)22/h3,6-7,10-14H,2,4-5,8-9H2,1H3,(H,21,23)/t11-,12-,13+,14?/m0/s1. The lowest BCUT2D eigenvalue weighted by Crippen LogP contribution is -2.41. The summed E-state index contributed by atoms with van der Waals surface area (Å²) in [7, 11) is 0. The molecule has 5 nitrogen and oxygen atoms in total. The van der Waals surface area contributed by atoms with Crippen molar-refractivity contribution < 1.29 is 19.1 Å². The van der Waals surface area contributed by atoms with E-state index in [0.717, 1.165) is 19.3 Å². The zero-order valence-corrected chi connectivity index (χ0v) is 14.9. The Bertz CT molecular complexity index is 674. The van der Waals surface area contributed by atoms with Crippen LogP contribution in [0.15, 0.2) is 24.3 Å². The molecule has 134 valence electrons. The molecule has 0 spiro atoms. The molecule has 0 saturated heterocycles. The fraction of sp³-hybridized carbons (Fsp3) is 0.526. The number of esters is 1. The third-order valence-corrected chi connectivity index (χ3v) is 5.37. The second-order valence-corrected chi connectivity index (χ2v) is 7.41. The van der Waals surface area contributed by atoms with Gasteiger partial charge in [-0.25, -0.2) is 0 Å². The van der Waals surface area contributed by atoms with E-state index in [1.165, 1.54) is 0 Å². The van der Waals surface area contributed by atoms with E-state index in [1.807, 2.05) is 0 Å². The van der Waals surface area contributed by atoms with Gasteiger partial charge in [0, 0.05) is 22.5 Å². The van der Waals surface area contributed by atoms with E-state index >= 15 is 0 Å². The number of rotatable bonds is 4. The molecule has 1 aromatic carbocycles. The van der Waals surface area contributed by atoms with E-state index in [2.05, 4.69) is 5.32 Å². The molecule has 1 unspecified atom stereocenters. The Morgan fingerprint density at radius 2 is 1.92 bits per heavy atom. The smallest absolute Gasteiger partial charge is 0.309 e. The summed E-state index contributed by atoms with van der Waals surface area (Å²) in [5.41, 5.74) is 0.554. The Morgan fingerprint density at radius 1 is 1.24 bits per heavy atom. The van der Waals surface area contributed by atoms with Crippen molar-refractivity contribution in [1.82, 2.24) is 0 Å². The molecule has 3 rings (SSSR count). The van der Waals surface area contributed by atoms with Crippen LogP contribution in [0.4, 0.5) is 5.69 Å². The van der Waals surface area contributed by atoms with Crippen molar-refractivity contribution in [3.63, 3.8) is 0 Å². The first-order valence-corrected chi connectivity index (χ1v) is 9.12. The van der Waals surface area contributed by atoms with Gasteiger partial charge in [0.25, 0.3) is 5.91 Å². The van der Waals surface area contributed by atoms with Crippen LogP contribution in [0.1, 0.15) is 39.0 Å². The number of nitrogens with one attached hydrogen (secondary N) is 1. The zero-order chi connectivity index (χ0) is 18.0. The van der Waals surface area contributed by atoms with Crippen LogP contribution >= 0.6 is 11.6 Å². The SMILES string of the molecule is C[C@H](OC(=O)C1C[C@H]2CCC[C@@H](C1)C2=O)C(=O)Nc1cccc(Cl)c1. The summed E-state index contributed by atoms with van der Waals surface area (Å²) >= 11 is 5.89. The van der Waals surface area contributed by atoms with Gasteiger partial charge in [0.2, 0.25) is 0 Å². The number of benzene rings is 1. The van der Waals surface area contributed by atoms with E-state index in [4.69, 9.17) is 16.3 Å². The summed E-state index contributed by atoms with van der Waals surface area (Å²) in [6, 6.07) is 6.78. The molecule has 1 amide bonds. The maximum Gasteiger partial charge on any atom is 0.309 e. The van der Waals surface area contributed by atoms with E-state index in [-0.39, 0.29) is 23.7 Å². The van der Waals surface area contributed by atoms with Crippen LogP contribution in [0.25, 0.3) is 0 Å². The molecule has 2 bridgehead atoms. The highest BCUT2D eigenvalue weighted by molar-refractivity contribution is 6.30. The number of hydrogen-bond donors (Lipinski definition) is 1. The van der Waals surface area contributed by atoms with Crippen LogP contribution in [0.5, 0.6) is 0 Å². The predicted octanol–water partition coefficient (Wildman–Crippen LogP) is 3.61. The summed E-state index contributed by atoms with van der Waals surface area (Å²) in [5.74, 6) is -0.779. The summed E-state index contributed by atoms with van der Waals surface area (Å²) < 4.78 is 5.36. The molecule has 6 heteroatoms. The van der Waals surface area contributed by atoms with Gasteiger partial charge in [-0.3, -0.25) is 14.4 Å². The van der Waals surface area contributed by atoms with Crippen LogP contribution in [-0.2, 0) is 19.1 Å². The number of ether oxygens (including phenoxy) is 1. The largest absolute Gasteiger partial charge is 0.452 e. The highest BCUT2D eigenvalue weighted by atomic mass is 35.5. The first-order valence-electron chi connectivity index (χ1n) is 8.74. The van der Waals surface area contributed by atoms with Crippen LogP contribution < -0.4 is 5.32 Å². The van der Waals surface area contributed by atoms with Gasteiger partial charge in [0.1, 0.15) is 5.78 Å². The highest BCUT2D eigenvalue weighted by Gasteiger charge is 2.42. The lowest BCUT2D eigenvalue weighted by molar-refractivity contribution is -0.161. The zero-order valence-electron chi connectivity index (χ0n) is 14.2. The van der Waals surface area contributed by atoms with Crippen molar-refractivity contribution in [2.75, 3.05) is 5.32 Å². The van der Waals surface area contributed by atoms with Gasteiger partial charge >= 0.3 is 5.97 Å². The van der Waals surface area contributed by atoms with E-state index in [9.17, 15) is 14.4 Å². The molecule has 2 fully saturated rings. The van der Waals surface area contributed by atoms with E-state index in [1.54, 1.807) is 31.2 Å². The quantitative estimate of drug-likeness (QED) is 0.829. The minimum Gasteiger partial charge on any atom is -0.452 e. The van der Waals surface area contributed by atoms with Crippen molar-refractivity contribution in [3.8, 4) is 0 Å². The topological polar surface area (TPSA) is 72.5 Å². The summed E-state index contributed by atoms with van der Waals surface area (Å²) in [6.45, 7) is 1.55. The average Bonchev–Trinajstić information content (AvgIpc) is 2.54. The molecule has 1 aromatic rings. The normalized spacial score (nSPS) is 26.6. The van der Waals surface area contributed by atoms with Gasteiger partial charge in [0.05, 0.1) is 5.92 Å². The molecule has 2 saturated carbocycles. The molecule has 1 N–H and O–H groups in total. The Morgan fingerprint density at radius 3 is 2.56 bits per heavy atom. The van der Waals surface area contributed by atoms with E-state index in [0.29, 0.717) is 29.3 Å². The minimum absolute atomic E-state index is 0.0133. The molecule has 25 heavy (non-hydrogen) atoms. The van der Waals surface area contributed by atoms with Crippen LogP contribution in [0.2, 0.25) is 5.02 Å². The summed E-state index contributed by atoms with van der Waals surface area (Å²) in [4.78, 5) is 36.7. The Labute approximate surface area is 152 Å². The first-order chi connectivity index (χ1) is 11.9. The third kappa shape index (κ3) is 4.21. The minimum atomic E-state index is -0.899. The molecule has 2 aliphatic rings. The number of anilines is 1. The molecular formula is C19H22ClNO4. The predicted molar refractivity (Wildman–Crippen MR) is 94.2 cm³/mol. The number of carbonyl (C=O) groups is 3. The number of ketones is 1. The Balaban J connectivity index is 1.55. The maximum absolute atomic E-state index is 12.4. The lowest BCUT2D eigenvalue weighted by atomic mass is 9.67. The molecule has 0 aromatic heterocycles. The van der Waals surface area contributed by atoms with Crippen LogP contribution in [-0.4, -0.2) is 23.8 Å². The Hall–Kier alpha value is -1.88. The van der Waals surface area contributed by atoms with Crippen LogP contribution in [0, 0.1) is 17.8 Å². The average molecular weight is 364 g/mol. The van der Waals surface area contributed by atoms with Crippen LogP contribution in [0.3, 0.4) is 0 Å². The first kappa shape index (κ1) is 17.9. The number of amides is 1. The van der Waals surface area contributed by atoms with Gasteiger partial charge in [0.15, 0.2) is 6.10 Å². The number of halogens is 1. The lowest BCUT2D eigenvalue weighted by Gasteiger charge is -2.36.